The normalized spacial score (nSPS) is 10.4. The van der Waals surface area contributed by atoms with Crippen LogP contribution in [-0.2, 0) is 0 Å². The molecule has 4 heteroatoms. The SMILES string of the molecule is CCCCCCCOc1cccc(SC)c1C(N)=S. The highest BCUT2D eigenvalue weighted by Crippen LogP contribution is 2.28. The maximum Gasteiger partial charge on any atom is 0.130 e. The van der Waals surface area contributed by atoms with Gasteiger partial charge < -0.3 is 10.5 Å². The van der Waals surface area contributed by atoms with E-state index in [0.29, 0.717) is 4.99 Å². The molecule has 0 saturated heterocycles. The van der Waals surface area contributed by atoms with Gasteiger partial charge in [0.25, 0.3) is 0 Å². The highest BCUT2D eigenvalue weighted by atomic mass is 32.2. The molecular formula is C15H23NOS2. The van der Waals surface area contributed by atoms with E-state index in [1.807, 2.05) is 24.5 Å². The minimum Gasteiger partial charge on any atom is -0.493 e. The smallest absolute Gasteiger partial charge is 0.130 e. The number of benzene rings is 1. The van der Waals surface area contributed by atoms with Gasteiger partial charge >= 0.3 is 0 Å². The van der Waals surface area contributed by atoms with Crippen molar-refractivity contribution in [3.05, 3.63) is 23.8 Å². The van der Waals surface area contributed by atoms with Gasteiger partial charge in [-0.05, 0) is 24.8 Å². The number of hydrogen-bond donors (Lipinski definition) is 1. The molecule has 0 radical (unpaired) electrons. The molecule has 0 aliphatic rings. The molecule has 0 saturated carbocycles. The lowest BCUT2D eigenvalue weighted by atomic mass is 10.1. The fraction of sp³-hybridized carbons (Fsp3) is 0.533. The number of thiocarbonyl (C=S) groups is 1. The van der Waals surface area contributed by atoms with Crippen molar-refractivity contribution < 1.29 is 4.74 Å². The first kappa shape index (κ1) is 16.3. The summed E-state index contributed by atoms with van der Waals surface area (Å²) in [4.78, 5) is 1.49. The second kappa shape index (κ2) is 9.21. The van der Waals surface area contributed by atoms with Crippen LogP contribution in [0.3, 0.4) is 0 Å². The Morgan fingerprint density at radius 2 is 2.00 bits per heavy atom. The first-order chi connectivity index (χ1) is 9.20. The minimum atomic E-state index is 0.408. The average molecular weight is 297 g/mol. The molecule has 0 aromatic heterocycles. The molecule has 0 heterocycles. The highest BCUT2D eigenvalue weighted by Gasteiger charge is 2.11. The van der Waals surface area contributed by atoms with Crippen molar-refractivity contribution in [3.63, 3.8) is 0 Å². The molecule has 0 aliphatic heterocycles. The van der Waals surface area contributed by atoms with E-state index in [4.69, 9.17) is 22.7 Å². The van der Waals surface area contributed by atoms with Crippen molar-refractivity contribution in [2.75, 3.05) is 12.9 Å². The van der Waals surface area contributed by atoms with Gasteiger partial charge in [0.15, 0.2) is 0 Å². The second-order valence-electron chi connectivity index (χ2n) is 4.46. The summed E-state index contributed by atoms with van der Waals surface area (Å²) in [6.45, 7) is 2.95. The third kappa shape index (κ3) is 5.41. The highest BCUT2D eigenvalue weighted by molar-refractivity contribution is 7.98. The summed E-state index contributed by atoms with van der Waals surface area (Å²) in [5, 5.41) is 0. The molecule has 0 amide bonds. The van der Waals surface area contributed by atoms with Gasteiger partial charge in [-0.25, -0.2) is 0 Å². The van der Waals surface area contributed by atoms with Gasteiger partial charge in [0.1, 0.15) is 10.7 Å². The van der Waals surface area contributed by atoms with E-state index in [1.165, 1.54) is 25.7 Å². The quantitative estimate of drug-likeness (QED) is 0.416. The lowest BCUT2D eigenvalue weighted by molar-refractivity contribution is 0.303. The number of ether oxygens (including phenoxy) is 1. The summed E-state index contributed by atoms with van der Waals surface area (Å²) < 4.78 is 5.84. The van der Waals surface area contributed by atoms with Crippen molar-refractivity contribution in [2.45, 2.75) is 43.9 Å². The van der Waals surface area contributed by atoms with Crippen molar-refractivity contribution in [1.29, 1.82) is 0 Å². The molecule has 1 aromatic carbocycles. The predicted molar refractivity (Wildman–Crippen MR) is 88.4 cm³/mol. The molecule has 0 atom stereocenters. The number of thioether (sulfide) groups is 1. The zero-order valence-electron chi connectivity index (χ0n) is 11.8. The molecule has 19 heavy (non-hydrogen) atoms. The van der Waals surface area contributed by atoms with Crippen LogP contribution in [0.5, 0.6) is 5.75 Å². The van der Waals surface area contributed by atoms with Crippen molar-refractivity contribution in [2.24, 2.45) is 5.73 Å². The fourth-order valence-corrected chi connectivity index (χ4v) is 2.84. The summed E-state index contributed by atoms with van der Waals surface area (Å²) in [6.07, 6.45) is 8.18. The molecule has 0 spiro atoms. The van der Waals surface area contributed by atoms with Crippen LogP contribution < -0.4 is 10.5 Å². The standard InChI is InChI=1S/C15H23NOS2/c1-3-4-5-6-7-11-17-12-9-8-10-13(19-2)14(12)15(16)18/h8-10H,3-7,11H2,1-2H3,(H2,16,18). The van der Waals surface area contributed by atoms with Crippen molar-refractivity contribution >= 4 is 29.0 Å². The molecule has 0 bridgehead atoms. The van der Waals surface area contributed by atoms with Crippen LogP contribution in [0.1, 0.15) is 44.6 Å². The van der Waals surface area contributed by atoms with Crippen molar-refractivity contribution in [3.8, 4) is 5.75 Å². The summed E-state index contributed by atoms with van der Waals surface area (Å²) in [5.74, 6) is 0.815. The number of nitrogens with two attached hydrogens (primary N) is 1. The topological polar surface area (TPSA) is 35.2 Å². The van der Waals surface area contributed by atoms with Gasteiger partial charge in [-0.15, -0.1) is 11.8 Å². The molecule has 2 N–H and O–H groups in total. The molecule has 0 unspecified atom stereocenters. The summed E-state index contributed by atoms with van der Waals surface area (Å²) in [7, 11) is 0. The molecule has 106 valence electrons. The zero-order valence-corrected chi connectivity index (χ0v) is 13.4. The van der Waals surface area contributed by atoms with E-state index >= 15 is 0 Å². The Hall–Kier alpha value is -0.740. The molecule has 0 aliphatic carbocycles. The Bertz CT molecular complexity index is 407. The van der Waals surface area contributed by atoms with Gasteiger partial charge in [0.05, 0.1) is 12.2 Å². The molecule has 2 nitrogen and oxygen atoms in total. The second-order valence-corrected chi connectivity index (χ2v) is 5.75. The third-order valence-corrected chi connectivity index (χ3v) is 3.94. The van der Waals surface area contributed by atoms with Crippen LogP contribution in [0.25, 0.3) is 0 Å². The molecule has 0 fully saturated rings. The van der Waals surface area contributed by atoms with Crippen LogP contribution >= 0.6 is 24.0 Å². The maximum absolute atomic E-state index is 5.84. The van der Waals surface area contributed by atoms with Crippen LogP contribution in [0.2, 0.25) is 0 Å². The van der Waals surface area contributed by atoms with Crippen LogP contribution in [-0.4, -0.2) is 17.9 Å². The molecule has 1 aromatic rings. The summed E-state index contributed by atoms with van der Waals surface area (Å²) >= 11 is 6.76. The van der Waals surface area contributed by atoms with Crippen molar-refractivity contribution in [1.82, 2.24) is 0 Å². The van der Waals surface area contributed by atoms with E-state index in [2.05, 4.69) is 6.92 Å². The predicted octanol–water partition coefficient (Wildman–Crippen LogP) is 4.39. The van der Waals surface area contributed by atoms with Gasteiger partial charge in [-0.2, -0.15) is 0 Å². The first-order valence-electron chi connectivity index (χ1n) is 6.80. The van der Waals surface area contributed by atoms with Gasteiger partial charge in [-0.3, -0.25) is 0 Å². The lowest BCUT2D eigenvalue weighted by Crippen LogP contribution is -2.13. The van der Waals surface area contributed by atoms with E-state index < -0.39 is 0 Å². The number of rotatable bonds is 9. The Labute approximate surface area is 126 Å². The van der Waals surface area contributed by atoms with Gasteiger partial charge in [-0.1, -0.05) is 50.9 Å². The third-order valence-electron chi connectivity index (χ3n) is 2.96. The zero-order chi connectivity index (χ0) is 14.1. The van der Waals surface area contributed by atoms with Gasteiger partial charge in [0.2, 0.25) is 0 Å². The molecular weight excluding hydrogens is 274 g/mol. The number of unbranched alkanes of at least 4 members (excludes halogenated alkanes) is 4. The van der Waals surface area contributed by atoms with Crippen LogP contribution in [0.15, 0.2) is 23.1 Å². The largest absolute Gasteiger partial charge is 0.493 e. The Morgan fingerprint density at radius 1 is 1.26 bits per heavy atom. The Kier molecular flexibility index (Phi) is 7.91. The fourth-order valence-electron chi connectivity index (χ4n) is 1.93. The van der Waals surface area contributed by atoms with E-state index in [0.717, 1.165) is 29.2 Å². The summed E-state index contributed by atoms with van der Waals surface area (Å²) in [5.41, 5.74) is 6.67. The van der Waals surface area contributed by atoms with E-state index in [-0.39, 0.29) is 0 Å². The first-order valence-corrected chi connectivity index (χ1v) is 8.43. The maximum atomic E-state index is 5.84. The van der Waals surface area contributed by atoms with Crippen LogP contribution in [0.4, 0.5) is 0 Å². The Balaban J connectivity index is 2.55. The summed E-state index contributed by atoms with van der Waals surface area (Å²) in [6, 6.07) is 5.95. The Morgan fingerprint density at radius 3 is 2.63 bits per heavy atom. The monoisotopic (exact) mass is 297 g/mol. The lowest BCUT2D eigenvalue weighted by Gasteiger charge is -2.13. The van der Waals surface area contributed by atoms with Gasteiger partial charge in [0, 0.05) is 4.90 Å². The minimum absolute atomic E-state index is 0.408. The average Bonchev–Trinajstić information content (AvgIpc) is 2.42. The van der Waals surface area contributed by atoms with E-state index in [1.54, 1.807) is 11.8 Å². The van der Waals surface area contributed by atoms with Crippen LogP contribution in [0, 0.1) is 0 Å². The molecule has 1 rings (SSSR count). The number of hydrogen-bond acceptors (Lipinski definition) is 3. The van der Waals surface area contributed by atoms with E-state index in [9.17, 15) is 0 Å².